The van der Waals surface area contributed by atoms with Gasteiger partial charge in [0.05, 0.1) is 11.7 Å². The molecule has 0 aliphatic carbocycles. The van der Waals surface area contributed by atoms with E-state index in [0.29, 0.717) is 5.02 Å². The molecule has 0 bridgehead atoms. The lowest BCUT2D eigenvalue weighted by molar-refractivity contribution is -0.137. The fourth-order valence-electron chi connectivity index (χ4n) is 1.88. The van der Waals surface area contributed by atoms with Crippen LogP contribution in [-0.4, -0.2) is 5.11 Å². The van der Waals surface area contributed by atoms with Crippen LogP contribution in [0.25, 0.3) is 0 Å². The molecule has 2 rings (SSSR count). The first kappa shape index (κ1) is 14.9. The van der Waals surface area contributed by atoms with Gasteiger partial charge in [-0.2, -0.15) is 13.2 Å². The zero-order valence-electron chi connectivity index (χ0n) is 10.4. The summed E-state index contributed by atoms with van der Waals surface area (Å²) in [5.74, 6) is 0. The van der Waals surface area contributed by atoms with Crippen molar-refractivity contribution in [3.63, 3.8) is 0 Å². The number of rotatable bonds is 3. The predicted octanol–water partition coefficient (Wildman–Crippen LogP) is 4.63. The monoisotopic (exact) mass is 300 g/mol. The highest BCUT2D eigenvalue weighted by molar-refractivity contribution is 6.30. The third-order valence-electron chi connectivity index (χ3n) is 2.94. The second-order valence-electron chi connectivity index (χ2n) is 4.47. The summed E-state index contributed by atoms with van der Waals surface area (Å²) >= 11 is 5.75. The summed E-state index contributed by atoms with van der Waals surface area (Å²) in [5.41, 5.74) is 0.291. The molecule has 2 aromatic carbocycles. The van der Waals surface area contributed by atoms with E-state index in [1.165, 1.54) is 12.1 Å². The number of aliphatic hydroxyl groups is 1. The highest BCUT2D eigenvalue weighted by atomic mass is 35.5. The lowest BCUT2D eigenvalue weighted by Gasteiger charge is -2.14. The molecule has 0 spiro atoms. The first-order chi connectivity index (χ1) is 9.36. The molecule has 0 aromatic heterocycles. The van der Waals surface area contributed by atoms with Crippen LogP contribution in [0.3, 0.4) is 0 Å². The van der Waals surface area contributed by atoms with Crippen molar-refractivity contribution in [2.75, 3.05) is 0 Å². The van der Waals surface area contributed by atoms with Gasteiger partial charge in [-0.3, -0.25) is 0 Å². The van der Waals surface area contributed by atoms with Crippen LogP contribution in [0.1, 0.15) is 22.8 Å². The second kappa shape index (κ2) is 5.85. The summed E-state index contributed by atoms with van der Waals surface area (Å²) in [6.45, 7) is 0. The van der Waals surface area contributed by atoms with Gasteiger partial charge in [0.25, 0.3) is 0 Å². The summed E-state index contributed by atoms with van der Waals surface area (Å²) in [6.07, 6.45) is -5.16. The first-order valence-corrected chi connectivity index (χ1v) is 6.34. The minimum absolute atomic E-state index is 0.235. The zero-order chi connectivity index (χ0) is 14.8. The van der Waals surface area contributed by atoms with Crippen LogP contribution in [0.15, 0.2) is 48.5 Å². The number of hydrogen-bond donors (Lipinski definition) is 1. The molecule has 20 heavy (non-hydrogen) atoms. The van der Waals surface area contributed by atoms with E-state index in [0.717, 1.165) is 17.7 Å². The van der Waals surface area contributed by atoms with Crippen LogP contribution < -0.4 is 0 Å². The van der Waals surface area contributed by atoms with Gasteiger partial charge in [0.1, 0.15) is 0 Å². The Balaban J connectivity index is 2.17. The topological polar surface area (TPSA) is 20.2 Å². The van der Waals surface area contributed by atoms with Crippen molar-refractivity contribution in [2.45, 2.75) is 18.7 Å². The second-order valence-corrected chi connectivity index (χ2v) is 4.91. The number of benzene rings is 2. The Bertz CT molecular complexity index is 578. The fourth-order valence-corrected chi connectivity index (χ4v) is 2.01. The van der Waals surface area contributed by atoms with E-state index in [-0.39, 0.29) is 12.0 Å². The maximum Gasteiger partial charge on any atom is 0.416 e. The Morgan fingerprint density at radius 2 is 1.70 bits per heavy atom. The molecule has 0 radical (unpaired) electrons. The third-order valence-corrected chi connectivity index (χ3v) is 3.19. The van der Waals surface area contributed by atoms with Crippen LogP contribution in [0.5, 0.6) is 0 Å². The van der Waals surface area contributed by atoms with Crippen LogP contribution >= 0.6 is 11.6 Å². The van der Waals surface area contributed by atoms with Gasteiger partial charge in [0.2, 0.25) is 0 Å². The van der Waals surface area contributed by atoms with E-state index in [2.05, 4.69) is 0 Å². The van der Waals surface area contributed by atoms with Crippen molar-refractivity contribution >= 4 is 11.6 Å². The van der Waals surface area contributed by atoms with Gasteiger partial charge in [0, 0.05) is 11.4 Å². The fraction of sp³-hybridized carbons (Fsp3) is 0.200. The predicted molar refractivity (Wildman–Crippen MR) is 71.6 cm³/mol. The average Bonchev–Trinajstić information content (AvgIpc) is 2.40. The molecule has 1 unspecified atom stereocenters. The van der Waals surface area contributed by atoms with E-state index in [1.54, 1.807) is 24.3 Å². The van der Waals surface area contributed by atoms with Crippen molar-refractivity contribution in [3.8, 4) is 0 Å². The molecule has 106 valence electrons. The minimum Gasteiger partial charge on any atom is -0.388 e. The number of alkyl halides is 3. The molecular formula is C15H12ClF3O. The highest BCUT2D eigenvalue weighted by Gasteiger charge is 2.30. The molecule has 0 aliphatic heterocycles. The standard InChI is InChI=1S/C15H12ClF3O/c16-13-6-4-10(5-7-13)8-14(20)11-2-1-3-12(9-11)15(17,18)19/h1-7,9,14,20H,8H2. The van der Waals surface area contributed by atoms with Crippen molar-refractivity contribution in [3.05, 3.63) is 70.2 Å². The molecule has 1 nitrogen and oxygen atoms in total. The largest absolute Gasteiger partial charge is 0.416 e. The maximum absolute atomic E-state index is 12.6. The van der Waals surface area contributed by atoms with Crippen LogP contribution in [-0.2, 0) is 12.6 Å². The number of hydrogen-bond acceptors (Lipinski definition) is 1. The minimum atomic E-state index is -4.41. The van der Waals surface area contributed by atoms with Crippen LogP contribution in [0.2, 0.25) is 5.02 Å². The van der Waals surface area contributed by atoms with Crippen LogP contribution in [0, 0.1) is 0 Å². The summed E-state index contributed by atoms with van der Waals surface area (Å²) in [5, 5.41) is 10.6. The molecule has 2 aromatic rings. The summed E-state index contributed by atoms with van der Waals surface area (Å²) in [4.78, 5) is 0. The molecule has 0 saturated carbocycles. The van der Waals surface area contributed by atoms with Crippen molar-refractivity contribution in [2.24, 2.45) is 0 Å². The molecule has 0 aliphatic rings. The van der Waals surface area contributed by atoms with Crippen LogP contribution in [0.4, 0.5) is 13.2 Å². The Morgan fingerprint density at radius 1 is 1.05 bits per heavy atom. The summed E-state index contributed by atoms with van der Waals surface area (Å²) < 4.78 is 37.8. The molecule has 0 heterocycles. The van der Waals surface area contributed by atoms with Crippen molar-refractivity contribution < 1.29 is 18.3 Å². The van der Waals surface area contributed by atoms with E-state index in [1.807, 2.05) is 0 Å². The van der Waals surface area contributed by atoms with Gasteiger partial charge in [0.15, 0.2) is 0 Å². The van der Waals surface area contributed by atoms with Gasteiger partial charge in [-0.25, -0.2) is 0 Å². The molecule has 1 N–H and O–H groups in total. The summed E-state index contributed by atoms with van der Waals surface area (Å²) in [6, 6.07) is 11.6. The Labute approximate surface area is 119 Å². The maximum atomic E-state index is 12.6. The lowest BCUT2D eigenvalue weighted by Crippen LogP contribution is -2.08. The van der Waals surface area contributed by atoms with Gasteiger partial charge in [-0.05, 0) is 35.4 Å². The lowest BCUT2D eigenvalue weighted by atomic mass is 10.00. The van der Waals surface area contributed by atoms with Gasteiger partial charge >= 0.3 is 6.18 Å². The van der Waals surface area contributed by atoms with E-state index < -0.39 is 17.8 Å². The molecule has 1 atom stereocenters. The Morgan fingerprint density at radius 3 is 2.30 bits per heavy atom. The molecule has 5 heteroatoms. The first-order valence-electron chi connectivity index (χ1n) is 5.96. The third kappa shape index (κ3) is 3.74. The van der Waals surface area contributed by atoms with Crippen molar-refractivity contribution in [1.82, 2.24) is 0 Å². The van der Waals surface area contributed by atoms with E-state index >= 15 is 0 Å². The van der Waals surface area contributed by atoms with Gasteiger partial charge in [-0.1, -0.05) is 35.9 Å². The van der Waals surface area contributed by atoms with Gasteiger partial charge < -0.3 is 5.11 Å². The van der Waals surface area contributed by atoms with E-state index in [9.17, 15) is 18.3 Å². The quantitative estimate of drug-likeness (QED) is 0.876. The smallest absolute Gasteiger partial charge is 0.388 e. The number of halogens is 4. The zero-order valence-corrected chi connectivity index (χ0v) is 11.1. The SMILES string of the molecule is OC(Cc1ccc(Cl)cc1)c1cccc(C(F)(F)F)c1. The summed E-state index contributed by atoms with van der Waals surface area (Å²) in [7, 11) is 0. The molecule has 0 fully saturated rings. The molecule has 0 amide bonds. The Kier molecular flexibility index (Phi) is 4.35. The average molecular weight is 301 g/mol. The van der Waals surface area contributed by atoms with Gasteiger partial charge in [-0.15, -0.1) is 0 Å². The van der Waals surface area contributed by atoms with Crippen molar-refractivity contribution in [1.29, 1.82) is 0 Å². The highest BCUT2D eigenvalue weighted by Crippen LogP contribution is 2.31. The normalized spacial score (nSPS) is 13.2. The van der Waals surface area contributed by atoms with E-state index in [4.69, 9.17) is 11.6 Å². The Hall–Kier alpha value is -1.52. The number of aliphatic hydroxyl groups excluding tert-OH is 1. The molecular weight excluding hydrogens is 289 g/mol. The molecule has 0 saturated heterocycles.